The highest BCUT2D eigenvalue weighted by molar-refractivity contribution is 6.33. The average Bonchev–Trinajstić information content (AvgIpc) is 3.45. The first-order valence-corrected chi connectivity index (χ1v) is 14.2. The van der Waals surface area contributed by atoms with E-state index in [0.717, 1.165) is 72.8 Å². The minimum Gasteiger partial charge on any atom is -0.511 e. The normalized spacial score (nSPS) is 14.3. The van der Waals surface area contributed by atoms with Gasteiger partial charge in [0.2, 0.25) is 0 Å². The lowest BCUT2D eigenvalue weighted by atomic mass is 9.91. The Hall–Kier alpha value is -3.54. The lowest BCUT2D eigenvalue weighted by Crippen LogP contribution is -2.48. The van der Waals surface area contributed by atoms with Gasteiger partial charge in [-0.25, -0.2) is 4.98 Å². The molecule has 0 amide bonds. The summed E-state index contributed by atoms with van der Waals surface area (Å²) in [5.74, 6) is 1.21. The van der Waals surface area contributed by atoms with Gasteiger partial charge in [0.15, 0.2) is 0 Å². The maximum Gasteiger partial charge on any atom is 0.139 e. The van der Waals surface area contributed by atoms with Crippen molar-refractivity contribution < 1.29 is 5.11 Å². The van der Waals surface area contributed by atoms with E-state index in [-0.39, 0.29) is 0 Å². The van der Waals surface area contributed by atoms with Gasteiger partial charge in [0.05, 0.1) is 22.5 Å². The molecule has 5 nitrogen and oxygen atoms in total. The smallest absolute Gasteiger partial charge is 0.139 e. The number of unbranched alkanes of at least 4 members (excludes halogenated alkanes) is 2. The van der Waals surface area contributed by atoms with Gasteiger partial charge >= 0.3 is 0 Å². The van der Waals surface area contributed by atoms with Crippen LogP contribution in [0.4, 0.5) is 11.4 Å². The molecule has 0 atom stereocenters. The fourth-order valence-corrected chi connectivity index (χ4v) is 5.43. The second-order valence-electron chi connectivity index (χ2n) is 10.7. The Labute approximate surface area is 236 Å². The fraction of sp³-hybridized carbons (Fsp3) is 0.303. The van der Waals surface area contributed by atoms with Gasteiger partial charge in [0.1, 0.15) is 11.6 Å². The molecule has 1 aliphatic rings. The summed E-state index contributed by atoms with van der Waals surface area (Å²) in [6.45, 7) is 8.08. The molecule has 6 heteroatoms. The van der Waals surface area contributed by atoms with Crippen LogP contribution in [0.15, 0.2) is 84.8 Å². The van der Waals surface area contributed by atoms with Gasteiger partial charge in [-0.15, -0.1) is 0 Å². The number of aromatic nitrogens is 2. The minimum absolute atomic E-state index is 0.401. The van der Waals surface area contributed by atoms with Crippen LogP contribution in [0.1, 0.15) is 51.2 Å². The van der Waals surface area contributed by atoms with E-state index in [1.54, 1.807) is 0 Å². The number of rotatable bonds is 9. The predicted molar refractivity (Wildman–Crippen MR) is 163 cm³/mol. The number of nitrogens with one attached hydrogen (secondary N) is 2. The maximum atomic E-state index is 10.9. The van der Waals surface area contributed by atoms with Crippen LogP contribution in [0.5, 0.6) is 0 Å². The molecule has 39 heavy (non-hydrogen) atoms. The third-order valence-electron chi connectivity index (χ3n) is 7.74. The van der Waals surface area contributed by atoms with Gasteiger partial charge in [-0.05, 0) is 80.1 Å². The van der Waals surface area contributed by atoms with Crippen LogP contribution < -0.4 is 5.32 Å². The van der Waals surface area contributed by atoms with E-state index in [4.69, 9.17) is 11.6 Å². The molecule has 3 aromatic carbocycles. The molecule has 0 unspecified atom stereocenters. The molecule has 3 N–H and O–H groups in total. The minimum atomic E-state index is -0.401. The summed E-state index contributed by atoms with van der Waals surface area (Å²) in [5.41, 5.74) is 7.15. The Morgan fingerprint density at radius 2 is 1.95 bits per heavy atom. The third kappa shape index (κ3) is 5.90. The Bertz CT molecular complexity index is 1460. The third-order valence-corrected chi connectivity index (χ3v) is 8.07. The number of imidazole rings is 1. The van der Waals surface area contributed by atoms with Crippen molar-refractivity contribution >= 4 is 23.0 Å². The molecular formula is C33H37ClN4O. The number of H-pyrrole nitrogens is 1. The number of halogens is 1. The van der Waals surface area contributed by atoms with Crippen molar-refractivity contribution in [2.24, 2.45) is 0 Å². The first kappa shape index (κ1) is 27.0. The van der Waals surface area contributed by atoms with Crippen molar-refractivity contribution in [3.8, 4) is 22.6 Å². The monoisotopic (exact) mass is 540 g/mol. The zero-order valence-electron chi connectivity index (χ0n) is 23.0. The Morgan fingerprint density at radius 3 is 2.74 bits per heavy atom. The summed E-state index contributed by atoms with van der Waals surface area (Å²) in [6.07, 6.45) is 7.89. The van der Waals surface area contributed by atoms with Crippen molar-refractivity contribution in [2.75, 3.05) is 11.9 Å². The average molecular weight is 541 g/mol. The van der Waals surface area contributed by atoms with Crippen LogP contribution in [0.3, 0.4) is 0 Å². The molecular weight excluding hydrogens is 504 g/mol. The number of aromatic amines is 1. The lowest BCUT2D eigenvalue weighted by Gasteiger charge is -2.41. The fourth-order valence-electron chi connectivity index (χ4n) is 5.22. The maximum absolute atomic E-state index is 10.9. The molecule has 0 bridgehead atoms. The van der Waals surface area contributed by atoms with E-state index in [9.17, 15) is 5.11 Å². The van der Waals surface area contributed by atoms with Gasteiger partial charge in [-0.3, -0.25) is 4.90 Å². The molecule has 0 fully saturated rings. The Morgan fingerprint density at radius 1 is 1.13 bits per heavy atom. The Kier molecular flexibility index (Phi) is 8.10. The van der Waals surface area contributed by atoms with Gasteiger partial charge in [0.25, 0.3) is 0 Å². The molecule has 2 heterocycles. The van der Waals surface area contributed by atoms with Gasteiger partial charge < -0.3 is 15.4 Å². The van der Waals surface area contributed by atoms with E-state index >= 15 is 0 Å². The molecule has 202 valence electrons. The number of allylic oxidation sites excluding steroid dienone is 1. The van der Waals surface area contributed by atoms with Crippen LogP contribution in [0.25, 0.3) is 22.6 Å². The quantitative estimate of drug-likeness (QED) is 0.146. The van der Waals surface area contributed by atoms with E-state index in [2.05, 4.69) is 71.3 Å². The number of hydrogen-bond donors (Lipinski definition) is 3. The number of anilines is 2. The molecule has 1 aromatic heterocycles. The predicted octanol–water partition coefficient (Wildman–Crippen LogP) is 8.91. The molecule has 1 aliphatic heterocycles. The number of fused-ring (bicyclic) bond motifs is 1. The van der Waals surface area contributed by atoms with E-state index in [1.807, 2.05) is 48.7 Å². The number of aliphatic hydroxyl groups excluding tert-OH is 1. The van der Waals surface area contributed by atoms with Crippen LogP contribution in [0.2, 0.25) is 5.02 Å². The largest absolute Gasteiger partial charge is 0.511 e. The summed E-state index contributed by atoms with van der Waals surface area (Å²) in [4.78, 5) is 10.4. The van der Waals surface area contributed by atoms with E-state index in [0.29, 0.717) is 10.8 Å². The number of aliphatic hydroxyl groups is 1. The zero-order chi connectivity index (χ0) is 27.4. The van der Waals surface area contributed by atoms with Crippen LogP contribution >= 0.6 is 11.6 Å². The topological polar surface area (TPSA) is 64.2 Å². The van der Waals surface area contributed by atoms with Crippen molar-refractivity contribution in [3.63, 3.8) is 0 Å². The molecule has 4 aromatic rings. The standard InChI is InChI=1S/C33H37ClN4O/c1-4-5-7-15-31(39)33(2,3)38-19-18-26-24(22-38)13-10-14-29(26)36-25-16-17-28(34)27(20-25)32-35-21-30(37-32)23-11-8-6-9-12-23/h6,8-17,20-21,36,39H,4-5,7,18-19,22H2,1-3H3,(H,35,37)/b31-15+. The van der Waals surface area contributed by atoms with E-state index < -0.39 is 5.54 Å². The summed E-state index contributed by atoms with van der Waals surface area (Å²) in [5, 5.41) is 15.1. The van der Waals surface area contributed by atoms with E-state index in [1.165, 1.54) is 11.1 Å². The highest BCUT2D eigenvalue weighted by Crippen LogP contribution is 2.36. The van der Waals surface area contributed by atoms with Crippen LogP contribution in [-0.4, -0.2) is 32.1 Å². The molecule has 0 spiro atoms. The van der Waals surface area contributed by atoms with Crippen molar-refractivity contribution in [2.45, 2.75) is 58.5 Å². The molecule has 0 saturated heterocycles. The van der Waals surface area contributed by atoms with Gasteiger partial charge in [0, 0.05) is 30.0 Å². The summed E-state index contributed by atoms with van der Waals surface area (Å²) >= 11 is 6.61. The summed E-state index contributed by atoms with van der Waals surface area (Å²) in [7, 11) is 0. The van der Waals surface area contributed by atoms with Gasteiger partial charge in [-0.1, -0.05) is 67.4 Å². The SMILES string of the molecule is CCCC/C=C(/O)C(C)(C)N1CCc2c(cccc2Nc2ccc(Cl)c(-c3ncc(-c4ccccc4)[nH]3)c2)C1. The first-order chi connectivity index (χ1) is 18.9. The molecule has 0 radical (unpaired) electrons. The van der Waals surface area contributed by atoms with Crippen molar-refractivity contribution in [1.29, 1.82) is 0 Å². The van der Waals surface area contributed by atoms with Crippen LogP contribution in [-0.2, 0) is 13.0 Å². The number of hydrogen-bond acceptors (Lipinski definition) is 4. The summed E-state index contributed by atoms with van der Waals surface area (Å²) in [6, 6.07) is 22.5. The number of benzene rings is 3. The molecule has 0 saturated carbocycles. The zero-order valence-corrected chi connectivity index (χ0v) is 23.7. The second-order valence-corrected chi connectivity index (χ2v) is 11.1. The molecule has 0 aliphatic carbocycles. The highest BCUT2D eigenvalue weighted by Gasteiger charge is 2.33. The van der Waals surface area contributed by atoms with Crippen molar-refractivity contribution in [1.82, 2.24) is 14.9 Å². The van der Waals surface area contributed by atoms with Gasteiger partial charge in [-0.2, -0.15) is 0 Å². The second kappa shape index (κ2) is 11.7. The number of nitrogens with zero attached hydrogens (tertiary/aromatic N) is 2. The first-order valence-electron chi connectivity index (χ1n) is 13.8. The lowest BCUT2D eigenvalue weighted by molar-refractivity contribution is 0.0933. The van der Waals surface area contributed by atoms with Crippen molar-refractivity contribution in [3.05, 3.63) is 101 Å². The molecule has 5 rings (SSSR count). The Balaban J connectivity index is 1.35. The van der Waals surface area contributed by atoms with Crippen LogP contribution in [0, 0.1) is 0 Å². The summed E-state index contributed by atoms with van der Waals surface area (Å²) < 4.78 is 0. The highest BCUT2D eigenvalue weighted by atomic mass is 35.5.